The van der Waals surface area contributed by atoms with Gasteiger partial charge in [-0.3, -0.25) is 0 Å². The first-order valence-electron chi connectivity index (χ1n) is 5.84. The smallest absolute Gasteiger partial charge is 0.0555 e. The molecule has 2 aromatic rings. The molecule has 2 atom stereocenters. The first-order chi connectivity index (χ1) is 8.77. The predicted molar refractivity (Wildman–Crippen MR) is 86.3 cm³/mol. The quantitative estimate of drug-likeness (QED) is 0.618. The summed E-state index contributed by atoms with van der Waals surface area (Å²) in [5.41, 5.74) is 2.49. The van der Waals surface area contributed by atoms with Gasteiger partial charge < -0.3 is 0 Å². The fourth-order valence-electron chi connectivity index (χ4n) is 1.69. The largest absolute Gasteiger partial charge is 0.0829 e. The first-order valence-corrected chi connectivity index (χ1v) is 7.67. The Morgan fingerprint density at radius 1 is 0.778 bits per heavy atom. The fraction of sp³-hybridized carbons (Fsp3) is 0.125. The Kier molecular flexibility index (Phi) is 5.21. The van der Waals surface area contributed by atoms with Gasteiger partial charge in [-0.2, -0.15) is 0 Å². The molecule has 0 heterocycles. The second-order valence-electron chi connectivity index (χ2n) is 4.03. The highest BCUT2D eigenvalue weighted by atomic mass is 79.9. The molecule has 0 aliphatic carbocycles. The maximum absolute atomic E-state index is 3.73. The lowest BCUT2D eigenvalue weighted by atomic mass is 10.1. The van der Waals surface area contributed by atoms with Gasteiger partial charge in [0.05, 0.1) is 4.83 Å². The number of hydrogen-bond donors (Lipinski definition) is 0. The van der Waals surface area contributed by atoms with Gasteiger partial charge in [0.2, 0.25) is 0 Å². The summed E-state index contributed by atoms with van der Waals surface area (Å²) in [4.78, 5) is 0.541. The minimum atomic E-state index is 0.264. The molecule has 0 nitrogen and oxygen atoms in total. The molecule has 0 fully saturated rings. The zero-order valence-electron chi connectivity index (χ0n) is 9.84. The molecule has 0 saturated heterocycles. The monoisotopic (exact) mass is 364 g/mol. The Morgan fingerprint density at radius 3 is 1.94 bits per heavy atom. The predicted octanol–water partition coefficient (Wildman–Crippen LogP) is 5.60. The number of rotatable bonds is 4. The molecule has 0 radical (unpaired) electrons. The van der Waals surface area contributed by atoms with Crippen molar-refractivity contribution in [3.8, 4) is 0 Å². The highest BCUT2D eigenvalue weighted by Gasteiger charge is 2.14. The summed E-state index contributed by atoms with van der Waals surface area (Å²) in [6, 6.07) is 20.7. The zero-order chi connectivity index (χ0) is 12.8. The van der Waals surface area contributed by atoms with Crippen LogP contribution in [0, 0.1) is 0 Å². The van der Waals surface area contributed by atoms with Crippen LogP contribution in [-0.2, 0) is 0 Å². The van der Waals surface area contributed by atoms with Crippen molar-refractivity contribution in [2.45, 2.75) is 9.65 Å². The molecule has 0 aromatic heterocycles. The zero-order valence-corrected chi connectivity index (χ0v) is 13.0. The molecule has 2 heteroatoms. The molecule has 0 bridgehead atoms. The van der Waals surface area contributed by atoms with Crippen LogP contribution in [0.4, 0.5) is 0 Å². The Hall–Kier alpha value is -0.860. The average molecular weight is 366 g/mol. The lowest BCUT2D eigenvalue weighted by Crippen LogP contribution is -2.02. The highest BCUT2D eigenvalue weighted by Crippen LogP contribution is 2.32. The van der Waals surface area contributed by atoms with Crippen molar-refractivity contribution < 1.29 is 0 Å². The molecule has 18 heavy (non-hydrogen) atoms. The minimum Gasteiger partial charge on any atom is -0.0829 e. The lowest BCUT2D eigenvalue weighted by Gasteiger charge is -2.13. The standard InChI is InChI=1S/C16H14Br2/c17-15(12-11-13-7-3-1-4-8-13)16(18)14-9-5-2-6-10-14/h1-12,15-16H/b12-11+. The van der Waals surface area contributed by atoms with Gasteiger partial charge >= 0.3 is 0 Å². The van der Waals surface area contributed by atoms with E-state index < -0.39 is 0 Å². The van der Waals surface area contributed by atoms with Crippen molar-refractivity contribution in [2.75, 3.05) is 0 Å². The van der Waals surface area contributed by atoms with E-state index >= 15 is 0 Å². The third-order valence-electron chi connectivity index (χ3n) is 2.67. The first kappa shape index (κ1) is 13.6. The minimum absolute atomic E-state index is 0.264. The number of allylic oxidation sites excluding steroid dienone is 1. The third kappa shape index (κ3) is 3.82. The van der Waals surface area contributed by atoms with Crippen LogP contribution in [0.25, 0.3) is 6.08 Å². The van der Waals surface area contributed by atoms with E-state index in [1.807, 2.05) is 24.3 Å². The second kappa shape index (κ2) is 6.91. The van der Waals surface area contributed by atoms with Crippen molar-refractivity contribution in [3.05, 3.63) is 77.9 Å². The van der Waals surface area contributed by atoms with Crippen molar-refractivity contribution in [2.24, 2.45) is 0 Å². The van der Waals surface area contributed by atoms with Crippen molar-refractivity contribution in [1.82, 2.24) is 0 Å². The van der Waals surface area contributed by atoms with E-state index in [2.05, 4.69) is 80.4 Å². The molecule has 2 aromatic carbocycles. The van der Waals surface area contributed by atoms with E-state index in [0.29, 0.717) is 0 Å². The van der Waals surface area contributed by atoms with Gasteiger partial charge in [0, 0.05) is 4.83 Å². The van der Waals surface area contributed by atoms with Crippen LogP contribution < -0.4 is 0 Å². The van der Waals surface area contributed by atoms with E-state index in [1.54, 1.807) is 0 Å². The number of hydrogen-bond acceptors (Lipinski definition) is 0. The Bertz CT molecular complexity index is 491. The van der Waals surface area contributed by atoms with Gasteiger partial charge in [-0.1, -0.05) is 105 Å². The maximum Gasteiger partial charge on any atom is 0.0555 e. The number of benzene rings is 2. The van der Waals surface area contributed by atoms with Crippen LogP contribution in [0.3, 0.4) is 0 Å². The van der Waals surface area contributed by atoms with Crippen LogP contribution in [0.5, 0.6) is 0 Å². The Balaban J connectivity index is 2.04. The van der Waals surface area contributed by atoms with E-state index in [0.717, 1.165) is 0 Å². The van der Waals surface area contributed by atoms with E-state index in [9.17, 15) is 0 Å². The van der Waals surface area contributed by atoms with Crippen LogP contribution in [0.2, 0.25) is 0 Å². The van der Waals surface area contributed by atoms with Gasteiger partial charge in [-0.25, -0.2) is 0 Å². The summed E-state index contributed by atoms with van der Waals surface area (Å²) in [5.74, 6) is 0. The molecular formula is C16H14Br2. The Labute approximate surface area is 125 Å². The molecular weight excluding hydrogens is 352 g/mol. The van der Waals surface area contributed by atoms with Crippen LogP contribution in [0.1, 0.15) is 16.0 Å². The maximum atomic E-state index is 3.73. The number of alkyl halides is 2. The summed E-state index contributed by atoms with van der Waals surface area (Å²) < 4.78 is 0. The van der Waals surface area contributed by atoms with E-state index in [4.69, 9.17) is 0 Å². The third-order valence-corrected chi connectivity index (χ3v) is 5.31. The van der Waals surface area contributed by atoms with Crippen LogP contribution >= 0.6 is 31.9 Å². The molecule has 0 N–H and O–H groups in total. The molecule has 0 amide bonds. The molecule has 0 saturated carbocycles. The summed E-state index contributed by atoms with van der Waals surface area (Å²) in [6.07, 6.45) is 4.30. The second-order valence-corrected chi connectivity index (χ2v) is 6.07. The van der Waals surface area contributed by atoms with Gasteiger partial charge in [0.25, 0.3) is 0 Å². The van der Waals surface area contributed by atoms with Gasteiger partial charge in [0.1, 0.15) is 0 Å². The van der Waals surface area contributed by atoms with Gasteiger partial charge in [-0.05, 0) is 11.1 Å². The average Bonchev–Trinajstić information content (AvgIpc) is 2.46. The molecule has 0 aliphatic rings. The highest BCUT2D eigenvalue weighted by molar-refractivity contribution is 9.12. The topological polar surface area (TPSA) is 0 Å². The van der Waals surface area contributed by atoms with Crippen molar-refractivity contribution >= 4 is 37.9 Å². The van der Waals surface area contributed by atoms with Crippen LogP contribution in [0.15, 0.2) is 66.7 Å². The van der Waals surface area contributed by atoms with E-state index in [-0.39, 0.29) is 9.65 Å². The molecule has 0 aliphatic heterocycles. The summed E-state index contributed by atoms with van der Waals surface area (Å²) >= 11 is 7.43. The van der Waals surface area contributed by atoms with Crippen molar-refractivity contribution in [3.63, 3.8) is 0 Å². The summed E-state index contributed by atoms with van der Waals surface area (Å²) in [6.45, 7) is 0. The molecule has 2 unspecified atom stereocenters. The fourth-order valence-corrected chi connectivity index (χ4v) is 2.62. The molecule has 92 valence electrons. The SMILES string of the molecule is BrC(/C=C/c1ccccc1)C(Br)c1ccccc1. The Morgan fingerprint density at radius 2 is 1.33 bits per heavy atom. The van der Waals surface area contributed by atoms with E-state index in [1.165, 1.54) is 11.1 Å². The number of halogens is 2. The van der Waals surface area contributed by atoms with Crippen LogP contribution in [-0.4, -0.2) is 4.83 Å². The summed E-state index contributed by atoms with van der Waals surface area (Å²) in [7, 11) is 0. The normalized spacial score (nSPS) is 14.6. The molecule has 2 rings (SSSR count). The lowest BCUT2D eigenvalue weighted by molar-refractivity contribution is 1.03. The molecule has 0 spiro atoms. The van der Waals surface area contributed by atoms with Gasteiger partial charge in [-0.15, -0.1) is 0 Å². The van der Waals surface area contributed by atoms with Gasteiger partial charge in [0.15, 0.2) is 0 Å². The van der Waals surface area contributed by atoms with Crippen molar-refractivity contribution in [1.29, 1.82) is 0 Å². The summed E-state index contributed by atoms with van der Waals surface area (Å²) in [5, 5.41) is 0.